The second-order valence-corrected chi connectivity index (χ2v) is 4.87. The highest BCUT2D eigenvalue weighted by atomic mass is 35.5. The van der Waals surface area contributed by atoms with Crippen LogP contribution in [0.2, 0.25) is 5.02 Å². The van der Waals surface area contributed by atoms with Crippen molar-refractivity contribution in [2.75, 3.05) is 0 Å². The molecule has 0 amide bonds. The molecule has 4 heteroatoms. The number of benzene rings is 1. The fourth-order valence-electron chi connectivity index (χ4n) is 2.18. The molecule has 1 atom stereocenters. The maximum absolute atomic E-state index is 10.5. The molecule has 1 aromatic rings. The molecule has 1 aliphatic rings. The standard InChI is InChI=1S/C13H15ClO3/c1-8-5-10-7-11(14)6-9(13(10)17-8)3-2-4-12(15)16/h6-8H,2-5H2,1H3,(H,15,16). The summed E-state index contributed by atoms with van der Waals surface area (Å²) in [4.78, 5) is 10.5. The van der Waals surface area contributed by atoms with Crippen molar-refractivity contribution in [3.63, 3.8) is 0 Å². The Labute approximate surface area is 105 Å². The van der Waals surface area contributed by atoms with Crippen LogP contribution in [0.5, 0.6) is 5.75 Å². The number of aryl methyl sites for hydroxylation is 1. The van der Waals surface area contributed by atoms with Crippen LogP contribution in [0.15, 0.2) is 12.1 Å². The second-order valence-electron chi connectivity index (χ2n) is 4.43. The van der Waals surface area contributed by atoms with Crippen LogP contribution < -0.4 is 4.74 Å². The highest BCUT2D eigenvalue weighted by molar-refractivity contribution is 6.30. The predicted molar refractivity (Wildman–Crippen MR) is 65.8 cm³/mol. The third kappa shape index (κ3) is 2.91. The lowest BCUT2D eigenvalue weighted by atomic mass is 10.0. The Kier molecular flexibility index (Phi) is 3.57. The molecule has 0 fully saturated rings. The molecular formula is C13H15ClO3. The molecule has 0 spiro atoms. The maximum atomic E-state index is 10.5. The number of halogens is 1. The van der Waals surface area contributed by atoms with Crippen LogP contribution in [0.1, 0.15) is 30.9 Å². The highest BCUT2D eigenvalue weighted by Gasteiger charge is 2.22. The Bertz CT molecular complexity index is 443. The predicted octanol–water partition coefficient (Wildman–Crippen LogP) is 3.07. The molecule has 1 N–H and O–H groups in total. The van der Waals surface area contributed by atoms with Crippen molar-refractivity contribution in [1.29, 1.82) is 0 Å². The second kappa shape index (κ2) is 4.96. The molecule has 0 saturated carbocycles. The largest absolute Gasteiger partial charge is 0.490 e. The zero-order valence-electron chi connectivity index (χ0n) is 9.70. The van der Waals surface area contributed by atoms with Crippen LogP contribution in [0.25, 0.3) is 0 Å². The van der Waals surface area contributed by atoms with Gasteiger partial charge in [0.2, 0.25) is 0 Å². The van der Waals surface area contributed by atoms with Gasteiger partial charge >= 0.3 is 5.97 Å². The molecule has 1 aromatic carbocycles. The van der Waals surface area contributed by atoms with Crippen molar-refractivity contribution >= 4 is 17.6 Å². The van der Waals surface area contributed by atoms with Gasteiger partial charge in [-0.2, -0.15) is 0 Å². The van der Waals surface area contributed by atoms with Gasteiger partial charge in [0.1, 0.15) is 11.9 Å². The van der Waals surface area contributed by atoms with Crippen molar-refractivity contribution in [2.24, 2.45) is 0 Å². The van der Waals surface area contributed by atoms with E-state index in [0.29, 0.717) is 17.9 Å². The number of carboxylic acids is 1. The van der Waals surface area contributed by atoms with Crippen molar-refractivity contribution in [3.8, 4) is 5.75 Å². The van der Waals surface area contributed by atoms with Crippen molar-refractivity contribution in [3.05, 3.63) is 28.3 Å². The third-order valence-corrected chi connectivity index (χ3v) is 3.09. The molecule has 3 nitrogen and oxygen atoms in total. The summed E-state index contributed by atoms with van der Waals surface area (Å²) in [5, 5.41) is 9.32. The highest BCUT2D eigenvalue weighted by Crippen LogP contribution is 2.35. The molecule has 1 aliphatic heterocycles. The molecule has 17 heavy (non-hydrogen) atoms. The monoisotopic (exact) mass is 254 g/mol. The zero-order chi connectivity index (χ0) is 12.4. The Morgan fingerprint density at radius 3 is 3.06 bits per heavy atom. The van der Waals surface area contributed by atoms with E-state index >= 15 is 0 Å². The minimum atomic E-state index is -0.766. The lowest BCUT2D eigenvalue weighted by Gasteiger charge is -2.09. The minimum absolute atomic E-state index is 0.177. The summed E-state index contributed by atoms with van der Waals surface area (Å²) >= 11 is 6.05. The van der Waals surface area contributed by atoms with Crippen LogP contribution in [-0.2, 0) is 17.6 Å². The Morgan fingerprint density at radius 1 is 1.59 bits per heavy atom. The van der Waals surface area contributed by atoms with Crippen LogP contribution in [0.4, 0.5) is 0 Å². The lowest BCUT2D eigenvalue weighted by Crippen LogP contribution is -2.06. The number of hydrogen-bond donors (Lipinski definition) is 1. The third-order valence-electron chi connectivity index (χ3n) is 2.87. The summed E-state index contributed by atoms with van der Waals surface area (Å²) in [7, 11) is 0. The summed E-state index contributed by atoms with van der Waals surface area (Å²) in [6.45, 7) is 2.02. The number of aliphatic carboxylic acids is 1. The summed E-state index contributed by atoms with van der Waals surface area (Å²) in [5.74, 6) is 0.144. The van der Waals surface area contributed by atoms with E-state index in [-0.39, 0.29) is 12.5 Å². The van der Waals surface area contributed by atoms with E-state index in [1.54, 1.807) is 0 Å². The molecule has 0 aromatic heterocycles. The first-order valence-electron chi connectivity index (χ1n) is 5.76. The van der Waals surface area contributed by atoms with Gasteiger partial charge in [0.25, 0.3) is 0 Å². The van der Waals surface area contributed by atoms with Gasteiger partial charge in [-0.05, 0) is 43.0 Å². The molecule has 2 rings (SSSR count). The molecule has 0 saturated heterocycles. The van der Waals surface area contributed by atoms with Crippen LogP contribution in [0, 0.1) is 0 Å². The van der Waals surface area contributed by atoms with E-state index in [4.69, 9.17) is 21.4 Å². The number of carbonyl (C=O) groups is 1. The molecule has 1 heterocycles. The van der Waals surface area contributed by atoms with Crippen molar-refractivity contribution in [1.82, 2.24) is 0 Å². The number of hydrogen-bond acceptors (Lipinski definition) is 2. The lowest BCUT2D eigenvalue weighted by molar-refractivity contribution is -0.137. The van der Waals surface area contributed by atoms with Crippen molar-refractivity contribution in [2.45, 2.75) is 38.7 Å². The van der Waals surface area contributed by atoms with E-state index in [1.807, 2.05) is 19.1 Å². The molecule has 92 valence electrons. The van der Waals surface area contributed by atoms with E-state index in [1.165, 1.54) is 0 Å². The first-order valence-corrected chi connectivity index (χ1v) is 6.14. The SMILES string of the molecule is CC1Cc2cc(Cl)cc(CCCC(=O)O)c2O1. The number of rotatable bonds is 4. The average molecular weight is 255 g/mol. The van der Waals surface area contributed by atoms with Crippen LogP contribution in [0.3, 0.4) is 0 Å². The van der Waals surface area contributed by atoms with Crippen molar-refractivity contribution < 1.29 is 14.6 Å². The summed E-state index contributed by atoms with van der Waals surface area (Å²) in [6, 6.07) is 3.81. The Morgan fingerprint density at radius 2 is 2.35 bits per heavy atom. The molecule has 0 bridgehead atoms. The number of carboxylic acid groups (broad SMARTS) is 1. The average Bonchev–Trinajstić information content (AvgIpc) is 2.57. The number of ether oxygens (including phenoxy) is 1. The van der Waals surface area contributed by atoms with Gasteiger partial charge in [0.05, 0.1) is 0 Å². The van der Waals surface area contributed by atoms with Gasteiger partial charge in [-0.1, -0.05) is 11.6 Å². The first-order chi connectivity index (χ1) is 8.06. The van der Waals surface area contributed by atoms with Crippen LogP contribution >= 0.6 is 11.6 Å². The van der Waals surface area contributed by atoms with Crippen LogP contribution in [-0.4, -0.2) is 17.2 Å². The summed E-state index contributed by atoms with van der Waals surface area (Å²) < 4.78 is 5.74. The van der Waals surface area contributed by atoms with Gasteiger partial charge in [-0.3, -0.25) is 4.79 Å². The van der Waals surface area contributed by atoms with E-state index < -0.39 is 5.97 Å². The molecule has 1 unspecified atom stereocenters. The molecule has 0 radical (unpaired) electrons. The maximum Gasteiger partial charge on any atom is 0.303 e. The fourth-order valence-corrected chi connectivity index (χ4v) is 2.45. The number of fused-ring (bicyclic) bond motifs is 1. The fraction of sp³-hybridized carbons (Fsp3) is 0.462. The quantitative estimate of drug-likeness (QED) is 0.898. The van der Waals surface area contributed by atoms with E-state index in [9.17, 15) is 4.79 Å². The van der Waals surface area contributed by atoms with Gasteiger partial charge < -0.3 is 9.84 Å². The molecule has 0 aliphatic carbocycles. The first kappa shape index (κ1) is 12.2. The van der Waals surface area contributed by atoms with Gasteiger partial charge in [0, 0.05) is 17.9 Å². The normalized spacial score (nSPS) is 17.6. The van der Waals surface area contributed by atoms with E-state index in [2.05, 4.69) is 0 Å². The smallest absolute Gasteiger partial charge is 0.303 e. The zero-order valence-corrected chi connectivity index (χ0v) is 10.5. The minimum Gasteiger partial charge on any atom is -0.490 e. The Hall–Kier alpha value is -1.22. The summed E-state index contributed by atoms with van der Waals surface area (Å²) in [6.07, 6.45) is 2.54. The van der Waals surface area contributed by atoms with Gasteiger partial charge in [-0.15, -0.1) is 0 Å². The van der Waals surface area contributed by atoms with Gasteiger partial charge in [0.15, 0.2) is 0 Å². The Balaban J connectivity index is 2.14. The topological polar surface area (TPSA) is 46.5 Å². The van der Waals surface area contributed by atoms with Gasteiger partial charge in [-0.25, -0.2) is 0 Å². The summed E-state index contributed by atoms with van der Waals surface area (Å²) in [5.41, 5.74) is 2.16. The molecular weight excluding hydrogens is 240 g/mol. The van der Waals surface area contributed by atoms with E-state index in [0.717, 1.165) is 23.3 Å².